The smallest absolute Gasteiger partial charge is 0.407 e. The van der Waals surface area contributed by atoms with Crippen LogP contribution >= 0.6 is 15.9 Å². The average molecular weight is 344 g/mol. The molecule has 110 valence electrons. The Balaban J connectivity index is 1.88. The number of carbonyl (C=O) groups excluding carboxylic acids is 1. The molecular formula is C14H18BrNO4. The van der Waals surface area contributed by atoms with Crippen LogP contribution in [-0.2, 0) is 4.74 Å². The largest absolute Gasteiger partial charge is 0.486 e. The third-order valence-corrected chi connectivity index (χ3v) is 3.14. The van der Waals surface area contributed by atoms with E-state index in [1.807, 2.05) is 39.0 Å². The molecule has 0 saturated heterocycles. The summed E-state index contributed by atoms with van der Waals surface area (Å²) < 4.78 is 17.4. The van der Waals surface area contributed by atoms with Gasteiger partial charge in [0, 0.05) is 0 Å². The maximum absolute atomic E-state index is 11.6. The lowest BCUT2D eigenvalue weighted by molar-refractivity contribution is 0.0451. The first-order valence-electron chi connectivity index (χ1n) is 6.40. The van der Waals surface area contributed by atoms with E-state index in [0.29, 0.717) is 24.7 Å². The summed E-state index contributed by atoms with van der Waals surface area (Å²) in [6, 6.07) is 5.61. The molecule has 1 N–H and O–H groups in total. The first-order chi connectivity index (χ1) is 9.35. The summed E-state index contributed by atoms with van der Waals surface area (Å²) in [7, 11) is 0. The van der Waals surface area contributed by atoms with Crippen LogP contribution in [0.3, 0.4) is 0 Å². The van der Waals surface area contributed by atoms with Crippen molar-refractivity contribution in [2.75, 3.05) is 13.2 Å². The Morgan fingerprint density at radius 3 is 2.95 bits per heavy atom. The fourth-order valence-corrected chi connectivity index (χ4v) is 2.15. The Bertz CT molecular complexity index is 498. The number of amides is 1. The van der Waals surface area contributed by atoms with E-state index in [-0.39, 0.29) is 6.10 Å². The van der Waals surface area contributed by atoms with Crippen molar-refractivity contribution in [1.29, 1.82) is 0 Å². The van der Waals surface area contributed by atoms with E-state index < -0.39 is 11.7 Å². The lowest BCUT2D eigenvalue weighted by Crippen LogP contribution is -2.42. The summed E-state index contributed by atoms with van der Waals surface area (Å²) in [5, 5.41) is 2.68. The summed E-state index contributed by atoms with van der Waals surface area (Å²) in [4.78, 5) is 11.6. The number of ether oxygens (including phenoxy) is 3. The summed E-state index contributed by atoms with van der Waals surface area (Å²) >= 11 is 3.41. The molecule has 0 fully saturated rings. The van der Waals surface area contributed by atoms with Crippen LogP contribution in [0.2, 0.25) is 0 Å². The number of nitrogens with one attached hydrogen (secondary N) is 1. The summed E-state index contributed by atoms with van der Waals surface area (Å²) in [5.74, 6) is 1.36. The molecule has 1 aromatic carbocycles. The van der Waals surface area contributed by atoms with Crippen molar-refractivity contribution in [2.24, 2.45) is 0 Å². The maximum Gasteiger partial charge on any atom is 0.407 e. The molecule has 1 aliphatic heterocycles. The van der Waals surface area contributed by atoms with Crippen molar-refractivity contribution in [3.05, 3.63) is 22.7 Å². The number of carbonyl (C=O) groups is 1. The number of benzene rings is 1. The zero-order valence-corrected chi connectivity index (χ0v) is 13.3. The van der Waals surface area contributed by atoms with Gasteiger partial charge in [0.15, 0.2) is 17.6 Å². The number of hydrogen-bond acceptors (Lipinski definition) is 4. The highest BCUT2D eigenvalue weighted by molar-refractivity contribution is 9.10. The monoisotopic (exact) mass is 343 g/mol. The lowest BCUT2D eigenvalue weighted by atomic mass is 10.2. The van der Waals surface area contributed by atoms with Crippen LogP contribution in [0.25, 0.3) is 0 Å². The van der Waals surface area contributed by atoms with Crippen LogP contribution < -0.4 is 14.8 Å². The SMILES string of the molecule is CC(C)(C)OC(=O)NC[C@@H]1COc2cccc(Br)c2O1. The Morgan fingerprint density at radius 1 is 1.50 bits per heavy atom. The second-order valence-electron chi connectivity index (χ2n) is 5.50. The third-order valence-electron chi connectivity index (χ3n) is 2.51. The van der Waals surface area contributed by atoms with Gasteiger partial charge < -0.3 is 19.5 Å². The van der Waals surface area contributed by atoms with Gasteiger partial charge in [-0.15, -0.1) is 0 Å². The molecule has 0 spiro atoms. The van der Waals surface area contributed by atoms with Gasteiger partial charge in [0.2, 0.25) is 0 Å². The molecule has 0 radical (unpaired) electrons. The van der Waals surface area contributed by atoms with Crippen LogP contribution in [0.4, 0.5) is 4.79 Å². The summed E-state index contributed by atoms with van der Waals surface area (Å²) in [5.41, 5.74) is -0.510. The number of para-hydroxylation sites is 1. The lowest BCUT2D eigenvalue weighted by Gasteiger charge is -2.27. The molecule has 1 aliphatic rings. The predicted molar refractivity (Wildman–Crippen MR) is 78.3 cm³/mol. The van der Waals surface area contributed by atoms with Gasteiger partial charge in [-0.05, 0) is 48.8 Å². The molecule has 0 aromatic heterocycles. The number of rotatable bonds is 2. The van der Waals surface area contributed by atoms with Crippen molar-refractivity contribution in [3.63, 3.8) is 0 Å². The standard InChI is InChI=1S/C14H18BrNO4/c1-14(2,3)20-13(17)16-7-9-8-18-11-6-4-5-10(15)12(11)19-9/h4-6,9H,7-8H2,1-3H3,(H,16,17)/t9-/m1/s1. The Morgan fingerprint density at radius 2 is 2.25 bits per heavy atom. The van der Waals surface area contributed by atoms with Crippen LogP contribution in [-0.4, -0.2) is 30.9 Å². The number of alkyl carbamates (subject to hydrolysis) is 1. The zero-order valence-electron chi connectivity index (χ0n) is 11.7. The average Bonchev–Trinajstić information content (AvgIpc) is 2.35. The van der Waals surface area contributed by atoms with Crippen molar-refractivity contribution in [2.45, 2.75) is 32.5 Å². The molecule has 5 nitrogen and oxygen atoms in total. The van der Waals surface area contributed by atoms with Crippen LogP contribution in [0.1, 0.15) is 20.8 Å². The minimum Gasteiger partial charge on any atom is -0.486 e. The van der Waals surface area contributed by atoms with E-state index in [1.165, 1.54) is 0 Å². The van der Waals surface area contributed by atoms with Crippen LogP contribution in [0, 0.1) is 0 Å². The molecule has 1 heterocycles. The number of hydrogen-bond donors (Lipinski definition) is 1. The van der Waals surface area contributed by atoms with E-state index in [2.05, 4.69) is 21.2 Å². The van der Waals surface area contributed by atoms with Crippen LogP contribution in [0.15, 0.2) is 22.7 Å². The molecule has 6 heteroatoms. The van der Waals surface area contributed by atoms with E-state index in [4.69, 9.17) is 14.2 Å². The predicted octanol–water partition coefficient (Wildman–Crippen LogP) is 3.11. The van der Waals surface area contributed by atoms with E-state index in [1.54, 1.807) is 0 Å². The highest BCUT2D eigenvalue weighted by Crippen LogP contribution is 2.38. The molecular weight excluding hydrogens is 326 g/mol. The second kappa shape index (κ2) is 5.91. The molecule has 0 aliphatic carbocycles. The van der Waals surface area contributed by atoms with Gasteiger partial charge in [-0.25, -0.2) is 4.79 Å². The minimum absolute atomic E-state index is 0.242. The maximum atomic E-state index is 11.6. The fraction of sp³-hybridized carbons (Fsp3) is 0.500. The van der Waals surface area contributed by atoms with Gasteiger partial charge in [-0.3, -0.25) is 0 Å². The molecule has 0 saturated carbocycles. The molecule has 20 heavy (non-hydrogen) atoms. The van der Waals surface area contributed by atoms with Crippen LogP contribution in [0.5, 0.6) is 11.5 Å². The quantitative estimate of drug-likeness (QED) is 0.896. The van der Waals surface area contributed by atoms with Gasteiger partial charge in [0.25, 0.3) is 0 Å². The third kappa shape index (κ3) is 4.03. The van der Waals surface area contributed by atoms with Crippen molar-refractivity contribution < 1.29 is 19.0 Å². The molecule has 0 bridgehead atoms. The molecule has 1 atom stereocenters. The molecule has 0 unspecified atom stereocenters. The highest BCUT2D eigenvalue weighted by Gasteiger charge is 2.24. The van der Waals surface area contributed by atoms with Crippen molar-refractivity contribution in [1.82, 2.24) is 5.32 Å². The van der Waals surface area contributed by atoms with Gasteiger partial charge in [0.05, 0.1) is 11.0 Å². The summed E-state index contributed by atoms with van der Waals surface area (Å²) in [6.45, 7) is 6.18. The Kier molecular flexibility index (Phi) is 4.42. The zero-order chi connectivity index (χ0) is 14.8. The molecule has 2 rings (SSSR count). The fourth-order valence-electron chi connectivity index (χ4n) is 1.71. The molecule has 1 amide bonds. The van der Waals surface area contributed by atoms with Gasteiger partial charge in [-0.1, -0.05) is 6.07 Å². The van der Waals surface area contributed by atoms with Gasteiger partial charge in [0.1, 0.15) is 12.2 Å². The normalized spacial score (nSPS) is 17.5. The topological polar surface area (TPSA) is 56.8 Å². The first-order valence-corrected chi connectivity index (χ1v) is 7.19. The minimum atomic E-state index is -0.510. The first kappa shape index (κ1) is 15.0. The van der Waals surface area contributed by atoms with Crippen molar-refractivity contribution in [3.8, 4) is 11.5 Å². The highest BCUT2D eigenvalue weighted by atomic mass is 79.9. The van der Waals surface area contributed by atoms with E-state index in [0.717, 1.165) is 4.47 Å². The number of halogens is 1. The Hall–Kier alpha value is -1.43. The summed E-state index contributed by atoms with van der Waals surface area (Å²) in [6.07, 6.45) is -0.701. The molecule has 1 aromatic rings. The van der Waals surface area contributed by atoms with E-state index in [9.17, 15) is 4.79 Å². The number of fused-ring (bicyclic) bond motifs is 1. The van der Waals surface area contributed by atoms with Gasteiger partial charge in [-0.2, -0.15) is 0 Å². The Labute approximate surface area is 126 Å². The van der Waals surface area contributed by atoms with Gasteiger partial charge >= 0.3 is 6.09 Å². The van der Waals surface area contributed by atoms with E-state index >= 15 is 0 Å². The second-order valence-corrected chi connectivity index (χ2v) is 6.36. The van der Waals surface area contributed by atoms with Crippen molar-refractivity contribution >= 4 is 22.0 Å².